The van der Waals surface area contributed by atoms with Gasteiger partial charge in [0.05, 0.1) is 11.5 Å². The number of aliphatic hydroxyl groups is 1. The number of thiophene rings is 1. The van der Waals surface area contributed by atoms with E-state index in [-0.39, 0.29) is 11.5 Å². The molecule has 1 aromatic rings. The van der Waals surface area contributed by atoms with E-state index < -0.39 is 10.0 Å². The van der Waals surface area contributed by atoms with Crippen LogP contribution in [0.3, 0.4) is 0 Å². The van der Waals surface area contributed by atoms with E-state index in [1.165, 1.54) is 37.0 Å². The Morgan fingerprint density at radius 1 is 1.43 bits per heavy atom. The Kier molecular flexibility index (Phi) is 5.82. The van der Waals surface area contributed by atoms with Gasteiger partial charge in [-0.15, -0.1) is 11.3 Å². The second-order valence-corrected chi connectivity index (χ2v) is 8.82. The van der Waals surface area contributed by atoms with Crippen LogP contribution in [0.4, 0.5) is 0 Å². The zero-order valence-electron chi connectivity index (χ0n) is 12.8. The molecule has 0 spiro atoms. The molecule has 120 valence electrons. The van der Waals surface area contributed by atoms with Crippen molar-refractivity contribution in [2.75, 3.05) is 6.54 Å². The van der Waals surface area contributed by atoms with Crippen LogP contribution < -0.4 is 4.72 Å². The third kappa shape index (κ3) is 4.28. The fraction of sp³-hybridized carbons (Fsp3) is 0.733. The predicted molar refractivity (Wildman–Crippen MR) is 85.9 cm³/mol. The molecular weight excluding hydrogens is 306 g/mol. The van der Waals surface area contributed by atoms with Crippen molar-refractivity contribution in [1.82, 2.24) is 4.72 Å². The summed E-state index contributed by atoms with van der Waals surface area (Å²) in [4.78, 5) is 0.790. The van der Waals surface area contributed by atoms with Gasteiger partial charge >= 0.3 is 0 Å². The summed E-state index contributed by atoms with van der Waals surface area (Å²) in [5.74, 6) is 1.40. The molecule has 1 saturated carbocycles. The van der Waals surface area contributed by atoms with E-state index in [2.05, 4.69) is 11.6 Å². The highest BCUT2D eigenvalue weighted by Crippen LogP contribution is 2.31. The van der Waals surface area contributed by atoms with Crippen LogP contribution >= 0.6 is 11.3 Å². The maximum atomic E-state index is 12.4. The summed E-state index contributed by atoms with van der Waals surface area (Å²) in [6.07, 6.45) is 5.89. The molecule has 1 heterocycles. The SMILES string of the molecule is Cc1csc(CO)c1S(=O)(=O)NCCC1CCCC(C)C1. The highest BCUT2D eigenvalue weighted by Gasteiger charge is 2.23. The fourth-order valence-corrected chi connectivity index (χ4v) is 5.95. The second kappa shape index (κ2) is 7.22. The van der Waals surface area contributed by atoms with Gasteiger partial charge in [0.2, 0.25) is 10.0 Å². The molecule has 6 heteroatoms. The Bertz CT molecular complexity index is 565. The van der Waals surface area contributed by atoms with Gasteiger partial charge in [-0.25, -0.2) is 13.1 Å². The van der Waals surface area contributed by atoms with Crippen LogP contribution in [0.15, 0.2) is 10.3 Å². The van der Waals surface area contributed by atoms with E-state index in [0.717, 1.165) is 12.3 Å². The van der Waals surface area contributed by atoms with E-state index in [9.17, 15) is 13.5 Å². The Labute approximate surface area is 131 Å². The van der Waals surface area contributed by atoms with Crippen LogP contribution in [0.1, 0.15) is 49.5 Å². The van der Waals surface area contributed by atoms with Crippen LogP contribution in [0, 0.1) is 18.8 Å². The summed E-state index contributed by atoms with van der Waals surface area (Å²) in [6.45, 7) is 4.31. The number of rotatable bonds is 6. The van der Waals surface area contributed by atoms with Gasteiger partial charge in [-0.05, 0) is 42.5 Å². The minimum Gasteiger partial charge on any atom is -0.391 e. The molecule has 1 aliphatic rings. The standard InChI is InChI=1S/C15H25NO3S2/c1-11-4-3-5-13(8-11)6-7-16-21(18,19)15-12(2)10-20-14(15)9-17/h10-11,13,16-17H,3-9H2,1-2H3. The molecule has 2 N–H and O–H groups in total. The normalized spacial score (nSPS) is 23.4. The molecule has 0 amide bonds. The molecule has 1 aromatic heterocycles. The molecule has 1 aliphatic carbocycles. The predicted octanol–water partition coefficient (Wildman–Crippen LogP) is 3.04. The fourth-order valence-electron chi connectivity index (χ4n) is 3.25. The quantitative estimate of drug-likeness (QED) is 0.842. The number of aliphatic hydroxyl groups excluding tert-OH is 1. The zero-order chi connectivity index (χ0) is 15.5. The lowest BCUT2D eigenvalue weighted by molar-refractivity contribution is 0.270. The molecule has 0 bridgehead atoms. The molecule has 4 nitrogen and oxygen atoms in total. The Morgan fingerprint density at radius 2 is 2.19 bits per heavy atom. The van der Waals surface area contributed by atoms with Crippen LogP contribution in [0.25, 0.3) is 0 Å². The summed E-state index contributed by atoms with van der Waals surface area (Å²) in [6, 6.07) is 0. The van der Waals surface area contributed by atoms with Gasteiger partial charge in [-0.3, -0.25) is 0 Å². The minimum absolute atomic E-state index is 0.227. The van der Waals surface area contributed by atoms with Crippen molar-refractivity contribution in [3.63, 3.8) is 0 Å². The van der Waals surface area contributed by atoms with Crippen molar-refractivity contribution in [2.45, 2.75) is 57.5 Å². The lowest BCUT2D eigenvalue weighted by Gasteiger charge is -2.26. The summed E-state index contributed by atoms with van der Waals surface area (Å²) < 4.78 is 27.5. The maximum Gasteiger partial charge on any atom is 0.242 e. The monoisotopic (exact) mass is 331 g/mol. The largest absolute Gasteiger partial charge is 0.391 e. The van der Waals surface area contributed by atoms with Crippen LogP contribution in [-0.2, 0) is 16.6 Å². The van der Waals surface area contributed by atoms with E-state index in [4.69, 9.17) is 0 Å². The van der Waals surface area contributed by atoms with Crippen LogP contribution in [0.2, 0.25) is 0 Å². The zero-order valence-corrected chi connectivity index (χ0v) is 14.4. The molecule has 0 aliphatic heterocycles. The van der Waals surface area contributed by atoms with Crippen molar-refractivity contribution in [2.24, 2.45) is 11.8 Å². The van der Waals surface area contributed by atoms with E-state index >= 15 is 0 Å². The van der Waals surface area contributed by atoms with E-state index in [1.54, 1.807) is 12.3 Å². The van der Waals surface area contributed by atoms with E-state index in [1.807, 2.05) is 0 Å². The molecule has 0 radical (unpaired) electrons. The maximum absolute atomic E-state index is 12.4. The Morgan fingerprint density at radius 3 is 2.86 bits per heavy atom. The molecule has 21 heavy (non-hydrogen) atoms. The second-order valence-electron chi connectivity index (χ2n) is 6.15. The molecule has 2 rings (SSSR count). The number of nitrogens with one attached hydrogen (secondary N) is 1. The highest BCUT2D eigenvalue weighted by atomic mass is 32.2. The lowest BCUT2D eigenvalue weighted by atomic mass is 9.81. The van der Waals surface area contributed by atoms with Gasteiger partial charge in [0.15, 0.2) is 0 Å². The Hall–Kier alpha value is -0.430. The van der Waals surface area contributed by atoms with Crippen molar-refractivity contribution < 1.29 is 13.5 Å². The summed E-state index contributed by atoms with van der Waals surface area (Å²) in [5, 5.41) is 11.1. The summed E-state index contributed by atoms with van der Waals surface area (Å²) in [5.41, 5.74) is 0.711. The minimum atomic E-state index is -3.50. The summed E-state index contributed by atoms with van der Waals surface area (Å²) in [7, 11) is -3.50. The number of hydrogen-bond donors (Lipinski definition) is 2. The van der Waals surface area contributed by atoms with Crippen molar-refractivity contribution >= 4 is 21.4 Å². The first-order valence-corrected chi connectivity index (χ1v) is 9.97. The first kappa shape index (κ1) is 16.9. The van der Waals surface area contributed by atoms with Gasteiger partial charge in [0, 0.05) is 6.54 Å². The molecule has 0 aromatic carbocycles. The average molecular weight is 332 g/mol. The molecule has 1 fully saturated rings. The van der Waals surface area contributed by atoms with Crippen LogP contribution in [-0.4, -0.2) is 20.1 Å². The number of sulfonamides is 1. The van der Waals surface area contributed by atoms with Gasteiger partial charge in [0.1, 0.15) is 4.90 Å². The molecule has 2 atom stereocenters. The van der Waals surface area contributed by atoms with Crippen molar-refractivity contribution in [3.8, 4) is 0 Å². The third-order valence-corrected chi connectivity index (χ3v) is 7.20. The first-order chi connectivity index (χ1) is 9.94. The van der Waals surface area contributed by atoms with Gasteiger partial charge in [0.25, 0.3) is 0 Å². The molecule has 2 unspecified atom stereocenters. The number of hydrogen-bond acceptors (Lipinski definition) is 4. The molecular formula is C15H25NO3S2. The van der Waals surface area contributed by atoms with Gasteiger partial charge in [-0.2, -0.15) is 0 Å². The molecule has 0 saturated heterocycles. The van der Waals surface area contributed by atoms with Crippen molar-refractivity contribution in [3.05, 3.63) is 15.8 Å². The van der Waals surface area contributed by atoms with Crippen molar-refractivity contribution in [1.29, 1.82) is 0 Å². The van der Waals surface area contributed by atoms with Gasteiger partial charge in [-0.1, -0.05) is 26.2 Å². The third-order valence-electron chi connectivity index (χ3n) is 4.29. The lowest BCUT2D eigenvalue weighted by Crippen LogP contribution is -2.28. The summed E-state index contributed by atoms with van der Waals surface area (Å²) >= 11 is 1.30. The number of aryl methyl sites for hydroxylation is 1. The smallest absolute Gasteiger partial charge is 0.242 e. The van der Waals surface area contributed by atoms with E-state index in [0.29, 0.717) is 22.9 Å². The topological polar surface area (TPSA) is 66.4 Å². The average Bonchev–Trinajstić information content (AvgIpc) is 2.80. The first-order valence-electron chi connectivity index (χ1n) is 7.61. The van der Waals surface area contributed by atoms with Gasteiger partial charge < -0.3 is 5.11 Å². The highest BCUT2D eigenvalue weighted by molar-refractivity contribution is 7.89. The Balaban J connectivity index is 1.94. The van der Waals surface area contributed by atoms with Crippen LogP contribution in [0.5, 0.6) is 0 Å².